The minimum absolute atomic E-state index is 0.0610. The number of methoxy groups -OCH3 is 2. The molecule has 0 aliphatic heterocycles. The van der Waals surface area contributed by atoms with Crippen LogP contribution < -0.4 is 9.47 Å². The number of allylic oxidation sites excluding steroid dienone is 1. The van der Waals surface area contributed by atoms with Crippen molar-refractivity contribution >= 4 is 11.5 Å². The zero-order chi connectivity index (χ0) is 17.2. The Morgan fingerprint density at radius 2 is 1.87 bits per heavy atom. The van der Waals surface area contributed by atoms with Gasteiger partial charge in [-0.3, -0.25) is 0 Å². The third-order valence-corrected chi connectivity index (χ3v) is 4.09. The van der Waals surface area contributed by atoms with Gasteiger partial charge in [0, 0.05) is 0 Å². The van der Waals surface area contributed by atoms with Gasteiger partial charge in [-0.15, -0.1) is 0 Å². The highest BCUT2D eigenvalue weighted by molar-refractivity contribution is 6.03. The average Bonchev–Trinajstić information content (AvgIpc) is 2.78. The number of nitrogens with zero attached hydrogens (tertiary/aromatic N) is 1. The fraction of sp³-hybridized carbons (Fsp3) is 0.444. The van der Waals surface area contributed by atoms with Crippen LogP contribution in [0.1, 0.15) is 38.3 Å². The second kappa shape index (κ2) is 6.33. The second-order valence-corrected chi connectivity index (χ2v) is 6.00. The number of nitriles is 1. The van der Waals surface area contributed by atoms with Crippen molar-refractivity contribution in [3.63, 3.8) is 0 Å². The van der Waals surface area contributed by atoms with Crippen LogP contribution >= 0.6 is 0 Å². The van der Waals surface area contributed by atoms with Gasteiger partial charge in [0.05, 0.1) is 20.8 Å². The Kier molecular flexibility index (Phi) is 4.65. The summed E-state index contributed by atoms with van der Waals surface area (Å²) in [6.45, 7) is 6.10. The van der Waals surface area contributed by atoms with Crippen molar-refractivity contribution in [3.05, 3.63) is 28.8 Å². The van der Waals surface area contributed by atoms with Crippen LogP contribution in [0.15, 0.2) is 17.7 Å². The topological polar surface area (TPSA) is 68.6 Å². The summed E-state index contributed by atoms with van der Waals surface area (Å²) in [4.78, 5) is 12.1. The Labute approximate surface area is 136 Å². The average molecular weight is 315 g/mol. The first-order valence-electron chi connectivity index (χ1n) is 7.46. The standard InChI is InChI=1S/C18H21NO4/c1-6-23-17(20)13(10-19)12-9-18(2,3)14-8-16(22-5)15(21-4)7-11(12)14/h7-8H,6,9H2,1-5H3/b13-12-. The summed E-state index contributed by atoms with van der Waals surface area (Å²) in [6, 6.07) is 5.75. The van der Waals surface area contributed by atoms with Gasteiger partial charge in [-0.2, -0.15) is 5.26 Å². The van der Waals surface area contributed by atoms with Gasteiger partial charge in [-0.1, -0.05) is 13.8 Å². The van der Waals surface area contributed by atoms with Gasteiger partial charge in [0.25, 0.3) is 0 Å². The van der Waals surface area contributed by atoms with E-state index in [4.69, 9.17) is 14.2 Å². The summed E-state index contributed by atoms with van der Waals surface area (Å²) < 4.78 is 15.7. The smallest absolute Gasteiger partial charge is 0.349 e. The minimum Gasteiger partial charge on any atom is -0.493 e. The number of rotatable bonds is 4. The number of ether oxygens (including phenoxy) is 3. The summed E-state index contributed by atoms with van der Waals surface area (Å²) in [7, 11) is 3.15. The molecule has 0 spiro atoms. The van der Waals surface area contributed by atoms with Crippen molar-refractivity contribution in [2.75, 3.05) is 20.8 Å². The summed E-state index contributed by atoms with van der Waals surface area (Å²) in [5.74, 6) is 0.626. The molecule has 122 valence electrons. The van der Waals surface area contributed by atoms with Crippen molar-refractivity contribution in [2.24, 2.45) is 0 Å². The predicted molar refractivity (Wildman–Crippen MR) is 86.4 cm³/mol. The Morgan fingerprint density at radius 3 is 2.39 bits per heavy atom. The van der Waals surface area contributed by atoms with E-state index < -0.39 is 5.97 Å². The zero-order valence-electron chi connectivity index (χ0n) is 14.1. The van der Waals surface area contributed by atoms with Crippen LogP contribution in [0.2, 0.25) is 0 Å². The first-order chi connectivity index (χ1) is 10.9. The maximum atomic E-state index is 12.1. The predicted octanol–water partition coefficient (Wildman–Crippen LogP) is 3.23. The molecule has 0 radical (unpaired) electrons. The lowest BCUT2D eigenvalue weighted by molar-refractivity contribution is -0.137. The lowest BCUT2D eigenvalue weighted by Gasteiger charge is -2.19. The molecule has 0 fully saturated rings. The number of carbonyl (C=O) groups excluding carboxylic acids is 1. The number of esters is 1. The number of hydrogen-bond donors (Lipinski definition) is 0. The highest BCUT2D eigenvalue weighted by atomic mass is 16.5. The highest BCUT2D eigenvalue weighted by Crippen LogP contribution is 2.50. The Morgan fingerprint density at radius 1 is 1.26 bits per heavy atom. The minimum atomic E-state index is -0.580. The largest absolute Gasteiger partial charge is 0.493 e. The van der Waals surface area contributed by atoms with Gasteiger partial charge in [-0.05, 0) is 47.6 Å². The molecule has 0 N–H and O–H groups in total. The molecular weight excluding hydrogens is 294 g/mol. The quantitative estimate of drug-likeness (QED) is 0.485. The molecule has 23 heavy (non-hydrogen) atoms. The molecule has 0 amide bonds. The molecule has 5 nitrogen and oxygen atoms in total. The van der Waals surface area contributed by atoms with Crippen LogP contribution in [0, 0.1) is 11.3 Å². The van der Waals surface area contributed by atoms with E-state index in [0.717, 1.165) is 11.1 Å². The second-order valence-electron chi connectivity index (χ2n) is 6.00. The molecule has 0 heterocycles. The van der Waals surface area contributed by atoms with Gasteiger partial charge >= 0.3 is 5.97 Å². The number of fused-ring (bicyclic) bond motifs is 1. The van der Waals surface area contributed by atoms with Gasteiger partial charge in [0.15, 0.2) is 11.5 Å². The van der Waals surface area contributed by atoms with Crippen LogP contribution in [0.4, 0.5) is 0 Å². The molecule has 0 saturated heterocycles. The third-order valence-electron chi connectivity index (χ3n) is 4.09. The maximum Gasteiger partial charge on any atom is 0.349 e. The first kappa shape index (κ1) is 16.9. The Hall–Kier alpha value is -2.48. The summed E-state index contributed by atoms with van der Waals surface area (Å²) in [5, 5.41) is 9.44. The van der Waals surface area contributed by atoms with E-state index in [1.807, 2.05) is 18.2 Å². The van der Waals surface area contributed by atoms with Crippen molar-refractivity contribution in [1.29, 1.82) is 5.26 Å². The number of benzene rings is 1. The maximum absolute atomic E-state index is 12.1. The fourth-order valence-corrected chi connectivity index (χ4v) is 2.98. The van der Waals surface area contributed by atoms with Crippen molar-refractivity contribution < 1.29 is 19.0 Å². The Bertz CT molecular complexity index is 710. The van der Waals surface area contributed by atoms with E-state index in [0.29, 0.717) is 23.5 Å². The molecule has 1 aliphatic rings. The van der Waals surface area contributed by atoms with Gasteiger partial charge in [-0.25, -0.2) is 4.79 Å². The van der Waals surface area contributed by atoms with E-state index in [1.165, 1.54) is 0 Å². The molecular formula is C18H21NO4. The normalized spacial score (nSPS) is 17.0. The summed E-state index contributed by atoms with van der Waals surface area (Å²) in [5.41, 5.74) is 2.43. The molecule has 1 aliphatic carbocycles. The van der Waals surface area contributed by atoms with Crippen molar-refractivity contribution in [3.8, 4) is 17.6 Å². The van der Waals surface area contributed by atoms with E-state index in [2.05, 4.69) is 13.8 Å². The molecule has 0 saturated carbocycles. The zero-order valence-corrected chi connectivity index (χ0v) is 14.1. The lowest BCUT2D eigenvalue weighted by Crippen LogP contribution is -2.12. The lowest BCUT2D eigenvalue weighted by atomic mass is 9.86. The van der Waals surface area contributed by atoms with Crippen LogP contribution in [0.3, 0.4) is 0 Å². The monoisotopic (exact) mass is 315 g/mol. The Balaban J connectivity index is 2.71. The van der Waals surface area contributed by atoms with Crippen LogP contribution in [0.5, 0.6) is 11.5 Å². The number of carbonyl (C=O) groups is 1. The molecule has 2 rings (SSSR count). The van der Waals surface area contributed by atoms with Crippen molar-refractivity contribution in [2.45, 2.75) is 32.6 Å². The van der Waals surface area contributed by atoms with E-state index in [9.17, 15) is 10.1 Å². The van der Waals surface area contributed by atoms with Crippen molar-refractivity contribution in [1.82, 2.24) is 0 Å². The van der Waals surface area contributed by atoms with Gasteiger partial charge in [0.2, 0.25) is 0 Å². The molecule has 1 aromatic rings. The highest BCUT2D eigenvalue weighted by Gasteiger charge is 2.37. The molecule has 0 atom stereocenters. The molecule has 5 heteroatoms. The van der Waals surface area contributed by atoms with E-state index in [-0.39, 0.29) is 17.6 Å². The first-order valence-corrected chi connectivity index (χ1v) is 7.46. The van der Waals surface area contributed by atoms with E-state index >= 15 is 0 Å². The van der Waals surface area contributed by atoms with Crippen LogP contribution in [-0.2, 0) is 14.9 Å². The SMILES string of the molecule is CCOC(=O)/C(C#N)=C1/CC(C)(C)c2cc(OC)c(OC)cc21. The summed E-state index contributed by atoms with van der Waals surface area (Å²) >= 11 is 0. The molecule has 0 bridgehead atoms. The van der Waals surface area contributed by atoms with Gasteiger partial charge in [0.1, 0.15) is 11.6 Å². The third kappa shape index (κ3) is 2.89. The van der Waals surface area contributed by atoms with Crippen LogP contribution in [0.25, 0.3) is 5.57 Å². The van der Waals surface area contributed by atoms with Gasteiger partial charge < -0.3 is 14.2 Å². The summed E-state index contributed by atoms with van der Waals surface area (Å²) in [6.07, 6.45) is 0.584. The fourth-order valence-electron chi connectivity index (χ4n) is 2.98. The molecule has 0 aromatic heterocycles. The van der Waals surface area contributed by atoms with Crippen LogP contribution in [-0.4, -0.2) is 26.8 Å². The van der Waals surface area contributed by atoms with E-state index in [1.54, 1.807) is 21.1 Å². The molecule has 1 aromatic carbocycles. The number of hydrogen-bond acceptors (Lipinski definition) is 5. The molecule has 0 unspecified atom stereocenters.